The summed E-state index contributed by atoms with van der Waals surface area (Å²) in [6.07, 6.45) is 5.11. The van der Waals surface area contributed by atoms with Crippen molar-refractivity contribution in [3.63, 3.8) is 0 Å². The molecule has 0 aromatic heterocycles. The number of sulfonamides is 1. The summed E-state index contributed by atoms with van der Waals surface area (Å²) in [7, 11) is -4.21. The molecule has 1 atom stereocenters. The van der Waals surface area contributed by atoms with Crippen LogP contribution in [-0.4, -0.2) is 43.8 Å². The first-order valence-electron chi connectivity index (χ1n) is 16.3. The second-order valence-corrected chi connectivity index (χ2v) is 15.1. The van der Waals surface area contributed by atoms with Gasteiger partial charge in [0.2, 0.25) is 11.8 Å². The Balaban J connectivity index is 1.60. The van der Waals surface area contributed by atoms with Gasteiger partial charge < -0.3 is 10.2 Å². The second-order valence-electron chi connectivity index (χ2n) is 12.4. The van der Waals surface area contributed by atoms with Crippen molar-refractivity contribution >= 4 is 50.7 Å². The smallest absolute Gasteiger partial charge is 0.264 e. The van der Waals surface area contributed by atoms with E-state index in [1.165, 1.54) is 17.0 Å². The van der Waals surface area contributed by atoms with E-state index in [4.69, 9.17) is 23.2 Å². The van der Waals surface area contributed by atoms with Gasteiger partial charge in [-0.15, -0.1) is 0 Å². The molecular formula is C38H41Cl2N3O4S. The lowest BCUT2D eigenvalue weighted by Crippen LogP contribution is -2.55. The summed E-state index contributed by atoms with van der Waals surface area (Å²) in [5.41, 5.74) is 3.28. The number of carbonyl (C=O) groups is 2. The highest BCUT2D eigenvalue weighted by atomic mass is 35.5. The van der Waals surface area contributed by atoms with Crippen LogP contribution < -0.4 is 9.62 Å². The number of nitrogens with one attached hydrogen (secondary N) is 1. The molecule has 1 fully saturated rings. The molecule has 2 amide bonds. The molecule has 0 aliphatic heterocycles. The Bertz CT molecular complexity index is 1810. The third kappa shape index (κ3) is 8.59. The number of aryl methyl sites for hydroxylation is 2. The van der Waals surface area contributed by atoms with E-state index in [1.807, 2.05) is 43.3 Å². The quantitative estimate of drug-likeness (QED) is 0.162. The van der Waals surface area contributed by atoms with Gasteiger partial charge in [-0.05, 0) is 68.1 Å². The molecule has 0 radical (unpaired) electrons. The van der Waals surface area contributed by atoms with E-state index in [-0.39, 0.29) is 29.8 Å². The van der Waals surface area contributed by atoms with Gasteiger partial charge in [-0.3, -0.25) is 13.9 Å². The fraction of sp³-hybridized carbons (Fsp3) is 0.316. The average molecular weight is 707 g/mol. The van der Waals surface area contributed by atoms with Gasteiger partial charge in [0.1, 0.15) is 12.6 Å². The largest absolute Gasteiger partial charge is 0.352 e. The van der Waals surface area contributed by atoms with Gasteiger partial charge in [-0.1, -0.05) is 115 Å². The standard InChI is InChI=1S/C38H41Cl2N3O4S/c1-27-20-22-31(23-21-27)48(46,47)43(35-19-10-9-12-28(35)2)26-37(44)42(25-32-33(39)17-11-18-34(32)40)36(24-29-13-5-3-6-14-29)38(45)41-30-15-7-4-8-16-30/h3,5-6,9-14,17-23,30,36H,4,7-8,15-16,24-26H2,1-2H3,(H,41,45)/t36-/m1/s1. The number of rotatable bonds is 12. The van der Waals surface area contributed by atoms with Crippen molar-refractivity contribution in [1.29, 1.82) is 0 Å². The highest BCUT2D eigenvalue weighted by molar-refractivity contribution is 7.92. The first-order valence-corrected chi connectivity index (χ1v) is 18.5. The fourth-order valence-electron chi connectivity index (χ4n) is 6.15. The van der Waals surface area contributed by atoms with Crippen LogP contribution in [0.3, 0.4) is 0 Å². The zero-order valence-corrected chi connectivity index (χ0v) is 29.6. The van der Waals surface area contributed by atoms with Gasteiger partial charge in [0.05, 0.1) is 10.6 Å². The van der Waals surface area contributed by atoms with Crippen molar-refractivity contribution in [1.82, 2.24) is 10.2 Å². The number of amides is 2. The predicted octanol–water partition coefficient (Wildman–Crippen LogP) is 7.89. The SMILES string of the molecule is Cc1ccc(S(=O)(=O)N(CC(=O)N(Cc2c(Cl)cccc2Cl)[C@H](Cc2ccccc2)C(=O)NC2CCCCC2)c2ccccc2C)cc1. The molecule has 0 heterocycles. The lowest BCUT2D eigenvalue weighted by Gasteiger charge is -2.35. The molecule has 252 valence electrons. The molecule has 4 aromatic rings. The average Bonchev–Trinajstić information content (AvgIpc) is 3.07. The van der Waals surface area contributed by atoms with Crippen molar-refractivity contribution in [2.75, 3.05) is 10.8 Å². The zero-order chi connectivity index (χ0) is 34.3. The van der Waals surface area contributed by atoms with Gasteiger partial charge in [0, 0.05) is 34.6 Å². The van der Waals surface area contributed by atoms with Crippen LogP contribution in [0.5, 0.6) is 0 Å². The molecular weight excluding hydrogens is 665 g/mol. The summed E-state index contributed by atoms with van der Waals surface area (Å²) in [6, 6.07) is 27.1. The molecule has 1 aliphatic carbocycles. The van der Waals surface area contributed by atoms with Crippen LogP contribution in [0.4, 0.5) is 5.69 Å². The minimum atomic E-state index is -4.21. The van der Waals surface area contributed by atoms with E-state index in [9.17, 15) is 18.0 Å². The number of anilines is 1. The Morgan fingerprint density at radius 2 is 1.44 bits per heavy atom. The zero-order valence-electron chi connectivity index (χ0n) is 27.2. The van der Waals surface area contributed by atoms with E-state index in [1.54, 1.807) is 55.5 Å². The number of hydrogen-bond donors (Lipinski definition) is 1. The summed E-state index contributed by atoms with van der Waals surface area (Å²) in [6.45, 7) is 3.03. The minimum absolute atomic E-state index is 0.00393. The monoisotopic (exact) mass is 705 g/mol. The molecule has 4 aromatic carbocycles. The number of halogens is 2. The van der Waals surface area contributed by atoms with E-state index in [0.717, 1.165) is 47.5 Å². The Labute approximate surface area is 293 Å². The summed E-state index contributed by atoms with van der Waals surface area (Å²) in [5, 5.41) is 3.90. The number of nitrogens with zero attached hydrogens (tertiary/aromatic N) is 2. The molecule has 10 heteroatoms. The molecule has 5 rings (SSSR count). The van der Waals surface area contributed by atoms with Crippen LogP contribution in [0, 0.1) is 13.8 Å². The lowest BCUT2D eigenvalue weighted by molar-refractivity contribution is -0.140. The number of para-hydroxylation sites is 1. The van der Waals surface area contributed by atoms with Gasteiger partial charge >= 0.3 is 0 Å². The number of carbonyl (C=O) groups excluding carboxylic acids is 2. The fourth-order valence-corrected chi connectivity index (χ4v) is 8.14. The number of hydrogen-bond acceptors (Lipinski definition) is 4. The van der Waals surface area contributed by atoms with E-state index >= 15 is 0 Å². The van der Waals surface area contributed by atoms with Gasteiger partial charge in [0.25, 0.3) is 10.0 Å². The second kappa shape index (κ2) is 16.0. The summed E-state index contributed by atoms with van der Waals surface area (Å²) < 4.78 is 29.8. The van der Waals surface area contributed by atoms with Crippen molar-refractivity contribution in [3.05, 3.63) is 129 Å². The Morgan fingerprint density at radius 1 is 0.812 bits per heavy atom. The van der Waals surface area contributed by atoms with E-state index in [2.05, 4.69) is 5.32 Å². The minimum Gasteiger partial charge on any atom is -0.352 e. The highest BCUT2D eigenvalue weighted by Crippen LogP contribution is 2.30. The highest BCUT2D eigenvalue weighted by Gasteiger charge is 2.36. The molecule has 1 aliphatic rings. The van der Waals surface area contributed by atoms with Crippen molar-refractivity contribution in [2.45, 2.75) is 75.9 Å². The first-order chi connectivity index (χ1) is 23.0. The summed E-state index contributed by atoms with van der Waals surface area (Å²) >= 11 is 13.3. The molecule has 0 saturated heterocycles. The normalized spacial score (nSPS) is 14.2. The third-order valence-corrected chi connectivity index (χ3v) is 11.4. The summed E-state index contributed by atoms with van der Waals surface area (Å²) in [5.74, 6) is -0.865. The van der Waals surface area contributed by atoms with E-state index in [0.29, 0.717) is 26.9 Å². The number of benzene rings is 4. The Kier molecular flexibility index (Phi) is 11.8. The predicted molar refractivity (Wildman–Crippen MR) is 193 cm³/mol. The topological polar surface area (TPSA) is 86.8 Å². The molecule has 0 spiro atoms. The third-order valence-electron chi connectivity index (χ3n) is 8.88. The lowest BCUT2D eigenvalue weighted by atomic mass is 9.94. The molecule has 1 N–H and O–H groups in total. The Morgan fingerprint density at radius 3 is 2.08 bits per heavy atom. The maximum absolute atomic E-state index is 14.8. The van der Waals surface area contributed by atoms with Crippen LogP contribution in [0.2, 0.25) is 10.0 Å². The van der Waals surface area contributed by atoms with Gasteiger partial charge in [-0.25, -0.2) is 8.42 Å². The molecule has 0 bridgehead atoms. The maximum Gasteiger partial charge on any atom is 0.264 e. The maximum atomic E-state index is 14.8. The van der Waals surface area contributed by atoms with E-state index < -0.39 is 28.5 Å². The molecule has 48 heavy (non-hydrogen) atoms. The van der Waals surface area contributed by atoms with Crippen LogP contribution in [-0.2, 0) is 32.6 Å². The summed E-state index contributed by atoms with van der Waals surface area (Å²) in [4.78, 5) is 30.6. The van der Waals surface area contributed by atoms with Crippen molar-refractivity contribution in [3.8, 4) is 0 Å². The van der Waals surface area contributed by atoms with Crippen LogP contribution in [0.25, 0.3) is 0 Å². The molecule has 1 saturated carbocycles. The van der Waals surface area contributed by atoms with Crippen molar-refractivity contribution in [2.24, 2.45) is 0 Å². The van der Waals surface area contributed by atoms with Crippen LogP contribution in [0.1, 0.15) is 54.4 Å². The van der Waals surface area contributed by atoms with Crippen LogP contribution >= 0.6 is 23.2 Å². The first kappa shape index (κ1) is 35.5. The molecule has 0 unspecified atom stereocenters. The van der Waals surface area contributed by atoms with Crippen molar-refractivity contribution < 1.29 is 18.0 Å². The van der Waals surface area contributed by atoms with Gasteiger partial charge in [0.15, 0.2) is 0 Å². The Hall–Kier alpha value is -3.85. The van der Waals surface area contributed by atoms with Crippen LogP contribution in [0.15, 0.2) is 102 Å². The molecule has 7 nitrogen and oxygen atoms in total. The van der Waals surface area contributed by atoms with Gasteiger partial charge in [-0.2, -0.15) is 0 Å².